The monoisotopic (exact) mass is 345 g/mol. The van der Waals surface area contributed by atoms with Crippen molar-refractivity contribution in [3.05, 3.63) is 35.2 Å². The van der Waals surface area contributed by atoms with Crippen LogP contribution in [0.2, 0.25) is 0 Å². The number of ether oxygens (including phenoxy) is 1. The van der Waals surface area contributed by atoms with E-state index in [-0.39, 0.29) is 25.6 Å². The fourth-order valence-electron chi connectivity index (χ4n) is 2.28. The van der Waals surface area contributed by atoms with E-state index < -0.39 is 0 Å². The third-order valence-corrected chi connectivity index (χ3v) is 4.33. The van der Waals surface area contributed by atoms with Gasteiger partial charge in [-0.1, -0.05) is 12.1 Å². The van der Waals surface area contributed by atoms with Gasteiger partial charge >= 0.3 is 0 Å². The minimum Gasteiger partial charge on any atom is -0.395 e. The number of halogens is 1. The molecular formula is C16H24ClNO3S. The molecule has 0 amide bonds. The van der Waals surface area contributed by atoms with Crippen molar-refractivity contribution in [1.29, 1.82) is 0 Å². The molecule has 0 radical (unpaired) electrons. The van der Waals surface area contributed by atoms with E-state index in [4.69, 9.17) is 14.9 Å². The Hall–Kier alpha value is -0.690. The number of benzene rings is 1. The molecule has 0 saturated carbocycles. The Bertz CT molecular complexity index is 529. The zero-order chi connectivity index (χ0) is 14.9. The zero-order valence-electron chi connectivity index (χ0n) is 12.6. The predicted molar refractivity (Wildman–Crippen MR) is 94.2 cm³/mol. The average Bonchev–Trinajstić information content (AvgIpc) is 2.95. The molecule has 4 nitrogen and oxygen atoms in total. The van der Waals surface area contributed by atoms with Gasteiger partial charge in [-0.15, -0.1) is 23.7 Å². The molecule has 0 atom stereocenters. The Morgan fingerprint density at radius 1 is 1.00 bits per heavy atom. The first kappa shape index (κ1) is 19.4. The molecule has 22 heavy (non-hydrogen) atoms. The van der Waals surface area contributed by atoms with Crippen LogP contribution in [0.3, 0.4) is 0 Å². The maximum absolute atomic E-state index is 8.92. The van der Waals surface area contributed by atoms with Crippen LogP contribution < -0.4 is 0 Å². The Balaban J connectivity index is 0.00000242. The van der Waals surface area contributed by atoms with E-state index in [9.17, 15) is 0 Å². The molecule has 0 fully saturated rings. The number of aliphatic hydroxyl groups is 2. The van der Waals surface area contributed by atoms with Crippen molar-refractivity contribution in [3.8, 4) is 0 Å². The number of fused-ring (bicyclic) bond motifs is 1. The molecule has 0 aliphatic carbocycles. The van der Waals surface area contributed by atoms with Gasteiger partial charge in [0, 0.05) is 24.3 Å². The van der Waals surface area contributed by atoms with Gasteiger partial charge in [-0.05, 0) is 34.9 Å². The Labute approximate surface area is 141 Å². The van der Waals surface area contributed by atoms with E-state index in [0.717, 1.165) is 13.0 Å². The summed E-state index contributed by atoms with van der Waals surface area (Å²) < 4.78 is 6.97. The van der Waals surface area contributed by atoms with Crippen molar-refractivity contribution >= 4 is 33.8 Å². The summed E-state index contributed by atoms with van der Waals surface area (Å²) in [6.45, 7) is 3.45. The maximum atomic E-state index is 8.92. The summed E-state index contributed by atoms with van der Waals surface area (Å²) in [5.41, 5.74) is 1.29. The fraction of sp³-hybridized carbons (Fsp3) is 0.500. The van der Waals surface area contributed by atoms with Gasteiger partial charge < -0.3 is 14.9 Å². The summed E-state index contributed by atoms with van der Waals surface area (Å²) in [5, 5.41) is 21.3. The first-order valence-electron chi connectivity index (χ1n) is 7.31. The SMILES string of the molecule is Cl.OCCN(CCO)CCOCCc1ccc2sccc2c1. The van der Waals surface area contributed by atoms with Crippen LogP contribution in [0.15, 0.2) is 29.6 Å². The van der Waals surface area contributed by atoms with Crippen molar-refractivity contribution in [2.24, 2.45) is 0 Å². The average molecular weight is 346 g/mol. The topological polar surface area (TPSA) is 52.9 Å². The van der Waals surface area contributed by atoms with E-state index in [1.807, 2.05) is 4.90 Å². The largest absolute Gasteiger partial charge is 0.395 e. The lowest BCUT2D eigenvalue weighted by atomic mass is 10.1. The second kappa shape index (κ2) is 10.9. The number of hydrogen-bond acceptors (Lipinski definition) is 5. The molecule has 0 aliphatic rings. The molecule has 0 spiro atoms. The molecule has 2 N–H and O–H groups in total. The van der Waals surface area contributed by atoms with E-state index in [0.29, 0.717) is 26.3 Å². The van der Waals surface area contributed by atoms with Crippen molar-refractivity contribution in [2.75, 3.05) is 46.1 Å². The Morgan fingerprint density at radius 2 is 1.77 bits per heavy atom. The molecule has 2 aromatic rings. The predicted octanol–water partition coefficient (Wildman–Crippen LogP) is 2.17. The van der Waals surface area contributed by atoms with Gasteiger partial charge in [0.15, 0.2) is 0 Å². The van der Waals surface area contributed by atoms with Crippen LogP contribution in [0, 0.1) is 0 Å². The van der Waals surface area contributed by atoms with Gasteiger partial charge in [0.1, 0.15) is 0 Å². The smallest absolute Gasteiger partial charge is 0.0593 e. The van der Waals surface area contributed by atoms with Crippen molar-refractivity contribution < 1.29 is 14.9 Å². The molecule has 0 saturated heterocycles. The van der Waals surface area contributed by atoms with Crippen LogP contribution in [0.5, 0.6) is 0 Å². The highest BCUT2D eigenvalue weighted by Gasteiger charge is 2.03. The summed E-state index contributed by atoms with van der Waals surface area (Å²) in [4.78, 5) is 2.00. The van der Waals surface area contributed by atoms with Crippen molar-refractivity contribution in [3.63, 3.8) is 0 Å². The molecular weight excluding hydrogens is 322 g/mol. The van der Waals surface area contributed by atoms with E-state index >= 15 is 0 Å². The van der Waals surface area contributed by atoms with Crippen LogP contribution in [0.25, 0.3) is 10.1 Å². The van der Waals surface area contributed by atoms with E-state index in [2.05, 4.69) is 29.6 Å². The quantitative estimate of drug-likeness (QED) is 0.648. The molecule has 1 aromatic carbocycles. The van der Waals surface area contributed by atoms with Gasteiger partial charge in [0.2, 0.25) is 0 Å². The minimum absolute atomic E-state index is 0. The molecule has 1 heterocycles. The van der Waals surface area contributed by atoms with E-state index in [1.165, 1.54) is 15.6 Å². The van der Waals surface area contributed by atoms with Crippen molar-refractivity contribution in [2.45, 2.75) is 6.42 Å². The van der Waals surface area contributed by atoms with Crippen LogP contribution in [-0.2, 0) is 11.2 Å². The minimum atomic E-state index is 0. The summed E-state index contributed by atoms with van der Waals surface area (Å²) in [6, 6.07) is 8.69. The number of thiophene rings is 1. The first-order valence-corrected chi connectivity index (χ1v) is 8.19. The summed E-state index contributed by atoms with van der Waals surface area (Å²) in [6.07, 6.45) is 0.909. The standard InChI is InChI=1S/C16H23NO3S.ClH/c18-8-5-17(6-9-19)7-11-20-10-3-14-1-2-16-15(13-14)4-12-21-16;/h1-2,4,12-13,18-19H,3,5-11H2;1H. The Kier molecular flexibility index (Phi) is 9.63. The van der Waals surface area contributed by atoms with Crippen LogP contribution in [0.1, 0.15) is 5.56 Å². The zero-order valence-corrected chi connectivity index (χ0v) is 14.2. The maximum Gasteiger partial charge on any atom is 0.0593 e. The van der Waals surface area contributed by atoms with Crippen LogP contribution in [0.4, 0.5) is 0 Å². The van der Waals surface area contributed by atoms with Crippen LogP contribution >= 0.6 is 23.7 Å². The van der Waals surface area contributed by atoms with Gasteiger partial charge in [-0.3, -0.25) is 4.90 Å². The summed E-state index contributed by atoms with van der Waals surface area (Å²) >= 11 is 1.76. The summed E-state index contributed by atoms with van der Waals surface area (Å²) in [7, 11) is 0. The third-order valence-electron chi connectivity index (χ3n) is 3.44. The molecule has 0 unspecified atom stereocenters. The Morgan fingerprint density at radius 3 is 2.50 bits per heavy atom. The number of nitrogens with zero attached hydrogens (tertiary/aromatic N) is 1. The third kappa shape index (κ3) is 6.20. The molecule has 0 aliphatic heterocycles. The molecule has 1 aromatic heterocycles. The highest BCUT2D eigenvalue weighted by atomic mass is 35.5. The number of hydrogen-bond donors (Lipinski definition) is 2. The lowest BCUT2D eigenvalue weighted by Gasteiger charge is -2.19. The second-order valence-electron chi connectivity index (χ2n) is 4.94. The normalized spacial score (nSPS) is 11.0. The first-order chi connectivity index (χ1) is 10.3. The van der Waals surface area contributed by atoms with Gasteiger partial charge in [0.25, 0.3) is 0 Å². The molecule has 0 bridgehead atoms. The van der Waals surface area contributed by atoms with Crippen molar-refractivity contribution in [1.82, 2.24) is 4.90 Å². The van der Waals surface area contributed by atoms with Gasteiger partial charge in [0.05, 0.1) is 26.4 Å². The number of aliphatic hydroxyl groups excluding tert-OH is 2. The van der Waals surface area contributed by atoms with Gasteiger partial charge in [-0.25, -0.2) is 0 Å². The molecule has 2 rings (SSSR count). The molecule has 124 valence electrons. The lowest BCUT2D eigenvalue weighted by Crippen LogP contribution is -2.33. The molecule has 6 heteroatoms. The van der Waals surface area contributed by atoms with Gasteiger partial charge in [-0.2, -0.15) is 0 Å². The fourth-order valence-corrected chi connectivity index (χ4v) is 3.05. The second-order valence-corrected chi connectivity index (χ2v) is 5.89. The van der Waals surface area contributed by atoms with E-state index in [1.54, 1.807) is 11.3 Å². The summed E-state index contributed by atoms with van der Waals surface area (Å²) in [5.74, 6) is 0. The number of rotatable bonds is 10. The van der Waals surface area contributed by atoms with Crippen LogP contribution in [-0.4, -0.2) is 61.2 Å². The highest BCUT2D eigenvalue weighted by molar-refractivity contribution is 7.17. The highest BCUT2D eigenvalue weighted by Crippen LogP contribution is 2.21. The lowest BCUT2D eigenvalue weighted by molar-refractivity contribution is 0.0886.